The molecule has 7 nitrogen and oxygen atoms in total. The van der Waals surface area contributed by atoms with Gasteiger partial charge in [-0.1, -0.05) is 25.0 Å². The average molecular weight is 438 g/mol. The molecule has 0 saturated carbocycles. The van der Waals surface area contributed by atoms with E-state index in [2.05, 4.69) is 28.7 Å². The highest BCUT2D eigenvalue weighted by molar-refractivity contribution is 6.00. The molecule has 1 aromatic carbocycles. The monoisotopic (exact) mass is 437 g/mol. The van der Waals surface area contributed by atoms with Crippen molar-refractivity contribution in [1.82, 2.24) is 14.9 Å². The lowest BCUT2D eigenvalue weighted by Crippen LogP contribution is -2.47. The van der Waals surface area contributed by atoms with Crippen LogP contribution in [0.2, 0.25) is 0 Å². The fourth-order valence-corrected chi connectivity index (χ4v) is 5.01. The number of benzene rings is 1. The maximum Gasteiger partial charge on any atom is 0.268 e. The molecule has 1 amide bonds. The molecule has 0 bridgehead atoms. The van der Waals surface area contributed by atoms with Crippen molar-refractivity contribution in [3.8, 4) is 5.75 Å². The summed E-state index contributed by atoms with van der Waals surface area (Å²) in [5, 5.41) is 0. The van der Waals surface area contributed by atoms with Crippen molar-refractivity contribution < 1.29 is 9.53 Å². The molecule has 3 heterocycles. The number of carbonyl (C=O) groups excluding carboxylic acids is 1. The number of carbonyl (C=O) groups is 1. The van der Waals surface area contributed by atoms with Crippen LogP contribution in [-0.2, 0) is 11.2 Å². The SMILES string of the molecule is C[C@@H]1CCC[C@H](C)N1CCCCCN1C(=O)C(Cc2ccnc(N)n2)Oc2ccccc21. The van der Waals surface area contributed by atoms with E-state index in [9.17, 15) is 4.79 Å². The minimum atomic E-state index is -0.603. The highest BCUT2D eigenvalue weighted by atomic mass is 16.5. The Morgan fingerprint density at radius 1 is 1.06 bits per heavy atom. The summed E-state index contributed by atoms with van der Waals surface area (Å²) in [5.41, 5.74) is 7.27. The van der Waals surface area contributed by atoms with E-state index < -0.39 is 6.10 Å². The molecule has 1 unspecified atom stereocenters. The second-order valence-electron chi connectivity index (χ2n) is 9.10. The van der Waals surface area contributed by atoms with Crippen LogP contribution in [0.3, 0.4) is 0 Å². The van der Waals surface area contributed by atoms with Gasteiger partial charge in [0.25, 0.3) is 5.91 Å². The van der Waals surface area contributed by atoms with E-state index in [1.165, 1.54) is 25.7 Å². The first-order chi connectivity index (χ1) is 15.5. The number of ether oxygens (including phenoxy) is 1. The van der Waals surface area contributed by atoms with Gasteiger partial charge in [0, 0.05) is 31.2 Å². The van der Waals surface area contributed by atoms with Gasteiger partial charge in [-0.05, 0) is 64.3 Å². The predicted octanol–water partition coefficient (Wildman–Crippen LogP) is 3.83. The normalized spacial score (nSPS) is 23.6. The topological polar surface area (TPSA) is 84.6 Å². The van der Waals surface area contributed by atoms with Crippen molar-refractivity contribution in [1.29, 1.82) is 0 Å². The van der Waals surface area contributed by atoms with E-state index >= 15 is 0 Å². The van der Waals surface area contributed by atoms with Gasteiger partial charge in [-0.2, -0.15) is 0 Å². The van der Waals surface area contributed by atoms with Crippen LogP contribution in [0.5, 0.6) is 5.75 Å². The number of rotatable bonds is 8. The van der Waals surface area contributed by atoms with Gasteiger partial charge in [0.05, 0.1) is 11.4 Å². The Bertz CT molecular complexity index is 911. The summed E-state index contributed by atoms with van der Waals surface area (Å²) in [7, 11) is 0. The maximum absolute atomic E-state index is 13.3. The maximum atomic E-state index is 13.3. The number of fused-ring (bicyclic) bond motifs is 1. The molecule has 1 aromatic heterocycles. The molecular weight excluding hydrogens is 402 g/mol. The fourth-order valence-electron chi connectivity index (χ4n) is 5.01. The molecule has 0 radical (unpaired) electrons. The first-order valence-electron chi connectivity index (χ1n) is 11.9. The minimum Gasteiger partial charge on any atom is -0.478 e. The number of para-hydroxylation sites is 2. The summed E-state index contributed by atoms with van der Waals surface area (Å²) in [4.78, 5) is 26.0. The van der Waals surface area contributed by atoms with E-state index in [-0.39, 0.29) is 11.9 Å². The first kappa shape index (κ1) is 22.5. The highest BCUT2D eigenvalue weighted by Gasteiger charge is 2.34. The van der Waals surface area contributed by atoms with Gasteiger partial charge >= 0.3 is 0 Å². The van der Waals surface area contributed by atoms with Crippen molar-refractivity contribution >= 4 is 17.5 Å². The number of hydrogen-bond acceptors (Lipinski definition) is 6. The molecule has 172 valence electrons. The third-order valence-corrected chi connectivity index (χ3v) is 6.77. The van der Waals surface area contributed by atoms with E-state index in [4.69, 9.17) is 10.5 Å². The summed E-state index contributed by atoms with van der Waals surface area (Å²) in [6.45, 7) is 6.55. The third-order valence-electron chi connectivity index (χ3n) is 6.77. The Morgan fingerprint density at radius 3 is 2.59 bits per heavy atom. The molecule has 2 aliphatic rings. The average Bonchev–Trinajstić information content (AvgIpc) is 2.77. The highest BCUT2D eigenvalue weighted by Crippen LogP contribution is 2.34. The number of nitrogens with zero attached hydrogens (tertiary/aromatic N) is 4. The molecule has 2 aromatic rings. The number of unbranched alkanes of at least 4 members (excludes halogenated alkanes) is 2. The van der Waals surface area contributed by atoms with Gasteiger partial charge < -0.3 is 15.4 Å². The summed E-state index contributed by atoms with van der Waals surface area (Å²) in [6, 6.07) is 10.9. The molecule has 7 heteroatoms. The van der Waals surface area contributed by atoms with Gasteiger partial charge in [0.15, 0.2) is 6.10 Å². The smallest absolute Gasteiger partial charge is 0.268 e. The third kappa shape index (κ3) is 5.21. The molecule has 2 aliphatic heterocycles. The lowest BCUT2D eigenvalue weighted by molar-refractivity contribution is -0.126. The van der Waals surface area contributed by atoms with Crippen molar-refractivity contribution in [3.05, 3.63) is 42.2 Å². The van der Waals surface area contributed by atoms with Crippen LogP contribution >= 0.6 is 0 Å². The van der Waals surface area contributed by atoms with Gasteiger partial charge in [-0.3, -0.25) is 9.69 Å². The Labute approximate surface area is 191 Å². The van der Waals surface area contributed by atoms with Crippen LogP contribution < -0.4 is 15.4 Å². The number of aromatic nitrogens is 2. The van der Waals surface area contributed by atoms with E-state index in [0.717, 1.165) is 30.8 Å². The van der Waals surface area contributed by atoms with Crippen LogP contribution in [0.15, 0.2) is 36.5 Å². The molecule has 0 aliphatic carbocycles. The molecule has 1 saturated heterocycles. The first-order valence-corrected chi connectivity index (χ1v) is 11.9. The van der Waals surface area contributed by atoms with Crippen LogP contribution in [0.4, 0.5) is 11.6 Å². The van der Waals surface area contributed by atoms with Gasteiger partial charge in [-0.15, -0.1) is 0 Å². The molecule has 2 N–H and O–H groups in total. The Kier molecular flexibility index (Phi) is 7.25. The molecular formula is C25H35N5O2. The number of anilines is 2. The summed E-state index contributed by atoms with van der Waals surface area (Å²) >= 11 is 0. The molecule has 3 atom stereocenters. The number of nitrogen functional groups attached to an aromatic ring is 1. The number of piperidine rings is 1. The second kappa shape index (κ2) is 10.3. The fraction of sp³-hybridized carbons (Fsp3) is 0.560. The number of likely N-dealkylation sites (tertiary alicyclic amines) is 1. The van der Waals surface area contributed by atoms with Crippen LogP contribution in [-0.4, -0.2) is 52.1 Å². The minimum absolute atomic E-state index is 0.0147. The Balaban J connectivity index is 1.35. The molecule has 4 rings (SSSR count). The summed E-state index contributed by atoms with van der Waals surface area (Å²) in [6.07, 6.45) is 8.60. The van der Waals surface area contributed by atoms with Crippen molar-refractivity contribution in [2.24, 2.45) is 0 Å². The number of nitrogens with two attached hydrogens (primary N) is 1. The van der Waals surface area contributed by atoms with Gasteiger partial charge in [0.2, 0.25) is 5.95 Å². The zero-order chi connectivity index (χ0) is 22.5. The van der Waals surface area contributed by atoms with Crippen molar-refractivity contribution in [2.45, 2.75) is 77.0 Å². The van der Waals surface area contributed by atoms with E-state index in [1.807, 2.05) is 29.2 Å². The van der Waals surface area contributed by atoms with Gasteiger partial charge in [-0.25, -0.2) is 9.97 Å². The zero-order valence-corrected chi connectivity index (χ0v) is 19.2. The summed E-state index contributed by atoms with van der Waals surface area (Å²) < 4.78 is 6.05. The largest absolute Gasteiger partial charge is 0.478 e. The van der Waals surface area contributed by atoms with E-state index in [1.54, 1.807) is 12.3 Å². The quantitative estimate of drug-likeness (QED) is 0.632. The second-order valence-corrected chi connectivity index (χ2v) is 9.10. The standard InChI is InChI=1S/C25H35N5O2/c1-18-9-8-10-19(2)29(18)15-6-3-7-16-30-21-11-4-5-12-22(21)32-23(24(30)31)17-20-13-14-27-25(26)28-20/h4-5,11-14,18-19,23H,3,6-10,15-17H2,1-2H3,(H2,26,27,28)/t18-,19+,23?. The van der Waals surface area contributed by atoms with Crippen molar-refractivity contribution in [2.75, 3.05) is 23.7 Å². The predicted molar refractivity (Wildman–Crippen MR) is 127 cm³/mol. The van der Waals surface area contributed by atoms with Crippen molar-refractivity contribution in [3.63, 3.8) is 0 Å². The van der Waals surface area contributed by atoms with Crippen LogP contribution in [0.1, 0.15) is 58.1 Å². The Morgan fingerprint density at radius 2 is 1.81 bits per heavy atom. The molecule has 32 heavy (non-hydrogen) atoms. The zero-order valence-electron chi connectivity index (χ0n) is 19.2. The summed E-state index contributed by atoms with van der Waals surface area (Å²) in [5.74, 6) is 0.939. The van der Waals surface area contributed by atoms with E-state index in [0.29, 0.717) is 30.7 Å². The lowest BCUT2D eigenvalue weighted by Gasteiger charge is -2.39. The van der Waals surface area contributed by atoms with Crippen LogP contribution in [0.25, 0.3) is 0 Å². The number of hydrogen-bond donors (Lipinski definition) is 1. The lowest BCUT2D eigenvalue weighted by atomic mass is 9.97. The molecule has 0 spiro atoms. The Hall–Kier alpha value is -2.67. The van der Waals surface area contributed by atoms with Crippen LogP contribution in [0, 0.1) is 0 Å². The van der Waals surface area contributed by atoms with Gasteiger partial charge in [0.1, 0.15) is 5.75 Å². The molecule has 1 fully saturated rings. The number of amides is 1.